The second kappa shape index (κ2) is 17.6. The van der Waals surface area contributed by atoms with Crippen LogP contribution in [0.2, 0.25) is 0 Å². The van der Waals surface area contributed by atoms with Crippen LogP contribution in [0.15, 0.2) is 0 Å². The standard InChI is InChI=1S/C15H31NO7/c1-20-6-7-22-10-11-23-9-8-21-5-4-16-15(19)3-2-14(12-17)13-18/h14,17-18H,2-13H2,1H3,(H,16,19). The zero-order valence-corrected chi connectivity index (χ0v) is 14.0. The number of hydrogen-bond acceptors (Lipinski definition) is 7. The highest BCUT2D eigenvalue weighted by Gasteiger charge is 2.08. The maximum absolute atomic E-state index is 11.5. The first-order valence-electron chi connectivity index (χ1n) is 7.95. The lowest BCUT2D eigenvalue weighted by Gasteiger charge is -2.10. The third-order valence-corrected chi connectivity index (χ3v) is 3.04. The Kier molecular flexibility index (Phi) is 17.0. The van der Waals surface area contributed by atoms with E-state index in [0.29, 0.717) is 59.2 Å². The minimum absolute atomic E-state index is 0.107. The van der Waals surface area contributed by atoms with E-state index in [-0.39, 0.29) is 31.5 Å². The maximum Gasteiger partial charge on any atom is 0.220 e. The van der Waals surface area contributed by atoms with Crippen molar-refractivity contribution >= 4 is 5.91 Å². The maximum atomic E-state index is 11.5. The molecule has 138 valence electrons. The summed E-state index contributed by atoms with van der Waals surface area (Å²) in [5.74, 6) is -0.336. The van der Waals surface area contributed by atoms with E-state index in [1.54, 1.807) is 7.11 Å². The first-order valence-corrected chi connectivity index (χ1v) is 7.95. The molecule has 1 amide bonds. The average molecular weight is 337 g/mol. The smallest absolute Gasteiger partial charge is 0.220 e. The van der Waals surface area contributed by atoms with Crippen LogP contribution in [0.1, 0.15) is 12.8 Å². The largest absolute Gasteiger partial charge is 0.396 e. The first kappa shape index (κ1) is 22.2. The molecule has 3 N–H and O–H groups in total. The molecule has 0 heterocycles. The molecule has 0 unspecified atom stereocenters. The van der Waals surface area contributed by atoms with Crippen LogP contribution in [-0.2, 0) is 23.7 Å². The minimum Gasteiger partial charge on any atom is -0.396 e. The molecular weight excluding hydrogens is 306 g/mol. The summed E-state index contributed by atoms with van der Waals surface area (Å²) in [7, 11) is 1.63. The number of rotatable bonds is 17. The second-order valence-electron chi connectivity index (χ2n) is 4.95. The van der Waals surface area contributed by atoms with Crippen molar-refractivity contribution in [3.8, 4) is 0 Å². The van der Waals surface area contributed by atoms with Crippen molar-refractivity contribution in [1.29, 1.82) is 0 Å². The highest BCUT2D eigenvalue weighted by atomic mass is 16.6. The number of nitrogens with one attached hydrogen (secondary N) is 1. The Bertz CT molecular complexity index is 262. The summed E-state index contributed by atoms with van der Waals surface area (Å²) in [5, 5.41) is 20.5. The number of ether oxygens (including phenoxy) is 4. The zero-order chi connectivity index (χ0) is 17.2. The number of aliphatic hydroxyl groups is 2. The highest BCUT2D eigenvalue weighted by molar-refractivity contribution is 5.75. The van der Waals surface area contributed by atoms with Gasteiger partial charge in [0.25, 0.3) is 0 Å². The van der Waals surface area contributed by atoms with E-state index < -0.39 is 0 Å². The van der Waals surface area contributed by atoms with Crippen LogP contribution in [0.5, 0.6) is 0 Å². The van der Waals surface area contributed by atoms with Gasteiger partial charge in [-0.05, 0) is 6.42 Å². The van der Waals surface area contributed by atoms with E-state index in [9.17, 15) is 4.79 Å². The van der Waals surface area contributed by atoms with E-state index in [1.807, 2.05) is 0 Å². The summed E-state index contributed by atoms with van der Waals surface area (Å²) in [6.45, 7) is 3.77. The molecule has 0 saturated heterocycles. The van der Waals surface area contributed by atoms with Crippen LogP contribution in [0.3, 0.4) is 0 Å². The summed E-state index contributed by atoms with van der Waals surface area (Å²) < 4.78 is 20.7. The molecular formula is C15H31NO7. The van der Waals surface area contributed by atoms with Crippen LogP contribution in [0.4, 0.5) is 0 Å². The van der Waals surface area contributed by atoms with Crippen molar-refractivity contribution in [3.63, 3.8) is 0 Å². The Labute approximate surface area is 138 Å². The third kappa shape index (κ3) is 15.9. The summed E-state index contributed by atoms with van der Waals surface area (Å²) in [5.41, 5.74) is 0. The number of methoxy groups -OCH3 is 1. The Hall–Kier alpha value is -0.770. The number of carbonyl (C=O) groups is 1. The Morgan fingerprint density at radius 2 is 1.43 bits per heavy atom. The van der Waals surface area contributed by atoms with Gasteiger partial charge in [-0.2, -0.15) is 0 Å². The molecule has 0 atom stereocenters. The molecule has 0 aliphatic rings. The molecule has 0 spiro atoms. The van der Waals surface area contributed by atoms with E-state index in [1.165, 1.54) is 0 Å². The summed E-state index contributed by atoms with van der Waals surface area (Å²) in [6, 6.07) is 0. The molecule has 0 radical (unpaired) electrons. The van der Waals surface area contributed by atoms with Gasteiger partial charge in [-0.1, -0.05) is 0 Å². The van der Waals surface area contributed by atoms with E-state index in [4.69, 9.17) is 29.2 Å². The molecule has 0 aromatic heterocycles. The molecule has 8 heteroatoms. The predicted molar refractivity (Wildman–Crippen MR) is 84.2 cm³/mol. The van der Waals surface area contributed by atoms with Crippen molar-refractivity contribution in [3.05, 3.63) is 0 Å². The molecule has 0 fully saturated rings. The topological polar surface area (TPSA) is 106 Å². The molecule has 0 saturated carbocycles. The Morgan fingerprint density at radius 1 is 0.913 bits per heavy atom. The van der Waals surface area contributed by atoms with Gasteiger partial charge in [0.2, 0.25) is 5.91 Å². The molecule has 8 nitrogen and oxygen atoms in total. The lowest BCUT2D eigenvalue weighted by atomic mass is 10.1. The number of carbonyl (C=O) groups excluding carboxylic acids is 1. The number of aliphatic hydroxyl groups excluding tert-OH is 2. The Morgan fingerprint density at radius 3 is 1.96 bits per heavy atom. The van der Waals surface area contributed by atoms with Crippen LogP contribution < -0.4 is 5.32 Å². The highest BCUT2D eigenvalue weighted by Crippen LogP contribution is 2.03. The molecule has 0 aliphatic carbocycles. The minimum atomic E-state index is -0.229. The SMILES string of the molecule is COCCOCCOCCOCCNC(=O)CCC(CO)CO. The van der Waals surface area contributed by atoms with Gasteiger partial charge in [0, 0.05) is 39.2 Å². The quantitative estimate of drug-likeness (QED) is 0.298. The molecule has 0 aromatic carbocycles. The average Bonchev–Trinajstić information content (AvgIpc) is 2.56. The second-order valence-corrected chi connectivity index (χ2v) is 4.95. The van der Waals surface area contributed by atoms with Gasteiger partial charge >= 0.3 is 0 Å². The van der Waals surface area contributed by atoms with Gasteiger partial charge in [-0.15, -0.1) is 0 Å². The van der Waals surface area contributed by atoms with Crippen molar-refractivity contribution in [2.24, 2.45) is 5.92 Å². The first-order chi connectivity index (χ1) is 11.2. The van der Waals surface area contributed by atoms with Crippen LogP contribution in [-0.4, -0.2) is 89.2 Å². The van der Waals surface area contributed by atoms with Crippen molar-refractivity contribution in [1.82, 2.24) is 5.32 Å². The van der Waals surface area contributed by atoms with Gasteiger partial charge in [0.15, 0.2) is 0 Å². The van der Waals surface area contributed by atoms with E-state index >= 15 is 0 Å². The van der Waals surface area contributed by atoms with Gasteiger partial charge < -0.3 is 34.5 Å². The van der Waals surface area contributed by atoms with Crippen LogP contribution in [0.25, 0.3) is 0 Å². The van der Waals surface area contributed by atoms with Gasteiger partial charge in [0.05, 0.1) is 46.2 Å². The van der Waals surface area contributed by atoms with Crippen molar-refractivity contribution in [2.75, 3.05) is 73.1 Å². The molecule has 0 rings (SSSR count). The molecule has 0 bridgehead atoms. The summed E-state index contributed by atoms with van der Waals surface area (Å²) in [4.78, 5) is 11.5. The van der Waals surface area contributed by atoms with Crippen molar-refractivity contribution in [2.45, 2.75) is 12.8 Å². The van der Waals surface area contributed by atoms with Crippen LogP contribution >= 0.6 is 0 Å². The van der Waals surface area contributed by atoms with Gasteiger partial charge in [-0.25, -0.2) is 0 Å². The summed E-state index contributed by atoms with van der Waals surface area (Å²) in [6.07, 6.45) is 0.762. The lowest BCUT2D eigenvalue weighted by molar-refractivity contribution is -0.121. The Balaban J connectivity index is 3.22. The number of amides is 1. The predicted octanol–water partition coefficient (Wildman–Crippen LogP) is -0.820. The summed E-state index contributed by atoms with van der Waals surface area (Å²) >= 11 is 0. The van der Waals surface area contributed by atoms with E-state index in [0.717, 1.165) is 0 Å². The molecule has 0 aromatic rings. The van der Waals surface area contributed by atoms with Crippen molar-refractivity contribution < 1.29 is 34.0 Å². The normalized spacial score (nSPS) is 11.1. The fourth-order valence-corrected chi connectivity index (χ4v) is 1.61. The molecule has 23 heavy (non-hydrogen) atoms. The monoisotopic (exact) mass is 337 g/mol. The zero-order valence-electron chi connectivity index (χ0n) is 14.0. The van der Waals surface area contributed by atoms with Gasteiger partial charge in [0.1, 0.15) is 0 Å². The van der Waals surface area contributed by atoms with E-state index in [2.05, 4.69) is 5.32 Å². The third-order valence-electron chi connectivity index (χ3n) is 3.04. The fraction of sp³-hybridized carbons (Fsp3) is 0.933. The fourth-order valence-electron chi connectivity index (χ4n) is 1.61. The van der Waals surface area contributed by atoms with Crippen LogP contribution in [0, 0.1) is 5.92 Å². The molecule has 0 aliphatic heterocycles. The lowest BCUT2D eigenvalue weighted by Crippen LogP contribution is -2.28. The van der Waals surface area contributed by atoms with Gasteiger partial charge in [-0.3, -0.25) is 4.79 Å². The number of hydrogen-bond donors (Lipinski definition) is 3.